The highest BCUT2D eigenvalue weighted by molar-refractivity contribution is 5.49. The van der Waals surface area contributed by atoms with Crippen LogP contribution in [0.2, 0.25) is 0 Å². The molecule has 4 heteroatoms. The molecule has 0 spiro atoms. The number of pyridine rings is 1. The van der Waals surface area contributed by atoms with Crippen molar-refractivity contribution in [3.05, 3.63) is 23.5 Å². The second kappa shape index (κ2) is 2.85. The average molecular weight is 162 g/mol. The van der Waals surface area contributed by atoms with Crippen molar-refractivity contribution in [1.82, 2.24) is 4.98 Å². The molecule has 1 aromatic heterocycles. The Morgan fingerprint density at radius 1 is 1.58 bits per heavy atom. The molecule has 0 aliphatic carbocycles. The summed E-state index contributed by atoms with van der Waals surface area (Å²) < 4.78 is 5.15. The van der Waals surface area contributed by atoms with E-state index in [0.717, 1.165) is 11.3 Å². The Morgan fingerprint density at radius 2 is 2.50 bits per heavy atom. The first kappa shape index (κ1) is 7.16. The van der Waals surface area contributed by atoms with Crippen LogP contribution in [0.25, 0.3) is 0 Å². The molecular formula is C8H6N2O2. The molecular weight excluding hydrogens is 156 g/mol. The topological polar surface area (TPSA) is 51.5 Å². The van der Waals surface area contributed by atoms with E-state index >= 15 is 0 Å². The standard InChI is InChI=1S/C8H6N2O2/c11-5-10-7-1-6-3-12-4-8(6)9-2-7/h1-2H,3-4H2. The summed E-state index contributed by atoms with van der Waals surface area (Å²) in [4.78, 5) is 17.5. The number of hydrogen-bond acceptors (Lipinski definition) is 4. The number of ether oxygens (including phenoxy) is 1. The van der Waals surface area contributed by atoms with Gasteiger partial charge in [-0.2, -0.15) is 4.99 Å². The molecule has 60 valence electrons. The molecule has 2 heterocycles. The lowest BCUT2D eigenvalue weighted by atomic mass is 10.2. The summed E-state index contributed by atoms with van der Waals surface area (Å²) in [6, 6.07) is 1.79. The van der Waals surface area contributed by atoms with Crippen LogP contribution >= 0.6 is 0 Å². The fraction of sp³-hybridized carbons (Fsp3) is 0.250. The second-order valence-electron chi connectivity index (χ2n) is 2.50. The molecule has 1 aliphatic heterocycles. The maximum atomic E-state index is 9.92. The van der Waals surface area contributed by atoms with E-state index in [9.17, 15) is 4.79 Å². The van der Waals surface area contributed by atoms with E-state index in [4.69, 9.17) is 4.74 Å². The third-order valence-electron chi connectivity index (χ3n) is 1.72. The van der Waals surface area contributed by atoms with E-state index < -0.39 is 0 Å². The SMILES string of the molecule is O=C=Nc1cnc2c(c1)COC2. The van der Waals surface area contributed by atoms with Crippen molar-refractivity contribution >= 4 is 11.8 Å². The largest absolute Gasteiger partial charge is 0.370 e. The van der Waals surface area contributed by atoms with Gasteiger partial charge in [0.2, 0.25) is 6.08 Å². The van der Waals surface area contributed by atoms with Gasteiger partial charge in [-0.3, -0.25) is 4.98 Å². The lowest BCUT2D eigenvalue weighted by molar-refractivity contribution is 0.133. The van der Waals surface area contributed by atoms with Crippen molar-refractivity contribution in [3.63, 3.8) is 0 Å². The number of fused-ring (bicyclic) bond motifs is 1. The van der Waals surface area contributed by atoms with Crippen LogP contribution in [0.3, 0.4) is 0 Å². The highest BCUT2D eigenvalue weighted by atomic mass is 16.5. The van der Waals surface area contributed by atoms with Gasteiger partial charge in [0.25, 0.3) is 0 Å². The second-order valence-corrected chi connectivity index (χ2v) is 2.50. The van der Waals surface area contributed by atoms with E-state index in [2.05, 4.69) is 9.98 Å². The number of aromatic nitrogens is 1. The van der Waals surface area contributed by atoms with Crippen molar-refractivity contribution < 1.29 is 9.53 Å². The molecule has 12 heavy (non-hydrogen) atoms. The number of carbonyl (C=O) groups excluding carboxylic acids is 1. The molecule has 0 bridgehead atoms. The first-order chi connectivity index (χ1) is 5.90. The Kier molecular flexibility index (Phi) is 1.70. The van der Waals surface area contributed by atoms with Gasteiger partial charge in [0.15, 0.2) is 0 Å². The van der Waals surface area contributed by atoms with E-state index in [1.54, 1.807) is 12.3 Å². The van der Waals surface area contributed by atoms with Gasteiger partial charge >= 0.3 is 0 Å². The maximum absolute atomic E-state index is 9.92. The summed E-state index contributed by atoms with van der Waals surface area (Å²) in [7, 11) is 0. The Balaban J connectivity index is 2.45. The lowest BCUT2D eigenvalue weighted by Crippen LogP contribution is -1.85. The van der Waals surface area contributed by atoms with Gasteiger partial charge in [-0.05, 0) is 6.07 Å². The molecule has 2 rings (SSSR count). The molecule has 0 amide bonds. The number of hydrogen-bond donors (Lipinski definition) is 0. The molecule has 1 aliphatic rings. The van der Waals surface area contributed by atoms with Gasteiger partial charge in [-0.1, -0.05) is 0 Å². The molecule has 0 aromatic carbocycles. The molecule has 1 aromatic rings. The normalized spacial score (nSPS) is 13.7. The van der Waals surface area contributed by atoms with Gasteiger partial charge in [-0.25, -0.2) is 4.79 Å². The highest BCUT2D eigenvalue weighted by Crippen LogP contribution is 2.21. The Labute approximate surface area is 68.9 Å². The smallest absolute Gasteiger partial charge is 0.240 e. The molecule has 0 radical (unpaired) electrons. The molecule has 0 saturated carbocycles. The van der Waals surface area contributed by atoms with Gasteiger partial charge in [0.05, 0.1) is 30.8 Å². The lowest BCUT2D eigenvalue weighted by Gasteiger charge is -1.94. The van der Waals surface area contributed by atoms with Crippen LogP contribution in [0.1, 0.15) is 11.3 Å². The number of nitrogens with zero attached hydrogens (tertiary/aromatic N) is 2. The number of aliphatic imine (C=N–C) groups is 1. The summed E-state index contributed by atoms with van der Waals surface area (Å²) in [5.41, 5.74) is 2.47. The van der Waals surface area contributed by atoms with Crippen LogP contribution in [0.5, 0.6) is 0 Å². The first-order valence-corrected chi connectivity index (χ1v) is 3.53. The van der Waals surface area contributed by atoms with Gasteiger partial charge in [-0.15, -0.1) is 0 Å². The zero-order chi connectivity index (χ0) is 8.39. The van der Waals surface area contributed by atoms with E-state index in [-0.39, 0.29) is 0 Å². The fourth-order valence-corrected chi connectivity index (χ4v) is 1.15. The van der Waals surface area contributed by atoms with Crippen LogP contribution in [-0.2, 0) is 22.7 Å². The van der Waals surface area contributed by atoms with E-state index in [1.807, 2.05) is 0 Å². The summed E-state index contributed by atoms with van der Waals surface area (Å²) in [5.74, 6) is 0. The Hall–Kier alpha value is -1.51. The number of isocyanates is 1. The summed E-state index contributed by atoms with van der Waals surface area (Å²) >= 11 is 0. The summed E-state index contributed by atoms with van der Waals surface area (Å²) in [6.45, 7) is 1.12. The van der Waals surface area contributed by atoms with Crippen LogP contribution in [-0.4, -0.2) is 11.1 Å². The minimum absolute atomic E-state index is 0.536. The monoisotopic (exact) mass is 162 g/mol. The van der Waals surface area contributed by atoms with E-state index in [1.165, 1.54) is 6.08 Å². The molecule has 0 saturated heterocycles. The molecule has 0 atom stereocenters. The maximum Gasteiger partial charge on any atom is 0.240 e. The van der Waals surface area contributed by atoms with Crippen molar-refractivity contribution in [3.8, 4) is 0 Å². The highest BCUT2D eigenvalue weighted by Gasteiger charge is 2.12. The quantitative estimate of drug-likeness (QED) is 0.458. The third-order valence-corrected chi connectivity index (χ3v) is 1.72. The Bertz CT molecular complexity index is 356. The first-order valence-electron chi connectivity index (χ1n) is 3.53. The van der Waals surface area contributed by atoms with Crippen LogP contribution in [0.4, 0.5) is 5.69 Å². The summed E-state index contributed by atoms with van der Waals surface area (Å²) in [5, 5.41) is 0. The predicted octanol–water partition coefficient (Wildman–Crippen LogP) is 1.08. The van der Waals surface area contributed by atoms with Gasteiger partial charge in [0, 0.05) is 5.56 Å². The van der Waals surface area contributed by atoms with Gasteiger partial charge < -0.3 is 4.74 Å². The zero-order valence-electron chi connectivity index (χ0n) is 6.28. The molecule has 0 N–H and O–H groups in total. The van der Waals surface area contributed by atoms with Gasteiger partial charge in [0.1, 0.15) is 0 Å². The van der Waals surface area contributed by atoms with Crippen molar-refractivity contribution in [2.75, 3.05) is 0 Å². The van der Waals surface area contributed by atoms with Crippen molar-refractivity contribution in [2.45, 2.75) is 13.2 Å². The van der Waals surface area contributed by atoms with Crippen LogP contribution in [0.15, 0.2) is 17.3 Å². The van der Waals surface area contributed by atoms with Crippen molar-refractivity contribution in [1.29, 1.82) is 0 Å². The molecule has 0 fully saturated rings. The predicted molar refractivity (Wildman–Crippen MR) is 40.5 cm³/mol. The number of rotatable bonds is 1. The summed E-state index contributed by atoms with van der Waals surface area (Å²) in [6.07, 6.45) is 3.01. The molecule has 0 unspecified atom stereocenters. The Morgan fingerprint density at radius 3 is 3.33 bits per heavy atom. The zero-order valence-corrected chi connectivity index (χ0v) is 6.28. The minimum atomic E-state index is 0.536. The minimum Gasteiger partial charge on any atom is -0.370 e. The fourth-order valence-electron chi connectivity index (χ4n) is 1.15. The van der Waals surface area contributed by atoms with Crippen LogP contribution < -0.4 is 0 Å². The van der Waals surface area contributed by atoms with Crippen molar-refractivity contribution in [2.24, 2.45) is 4.99 Å². The average Bonchev–Trinajstić information content (AvgIpc) is 2.51. The van der Waals surface area contributed by atoms with Crippen LogP contribution in [0, 0.1) is 0 Å². The van der Waals surface area contributed by atoms with E-state index in [0.29, 0.717) is 18.9 Å². The third kappa shape index (κ3) is 1.13. The molecule has 4 nitrogen and oxygen atoms in total.